The number of carboxylic acids is 1. The number of hydrogen-bond acceptors (Lipinski definition) is 10. The van der Waals surface area contributed by atoms with E-state index in [0.29, 0.717) is 49.4 Å². The smallest absolute Gasteiger partial charge is 0.336 e. The fourth-order valence-electron chi connectivity index (χ4n) is 7.51. The van der Waals surface area contributed by atoms with Gasteiger partial charge in [-0.1, -0.05) is 36.4 Å². The van der Waals surface area contributed by atoms with E-state index in [1.807, 2.05) is 44.2 Å². The Morgan fingerprint density at radius 1 is 0.963 bits per heavy atom. The molecular formula is C40H53N3O11. The second-order valence-electron chi connectivity index (χ2n) is 14.7. The van der Waals surface area contributed by atoms with Gasteiger partial charge in [-0.2, -0.15) is 0 Å². The molecule has 54 heavy (non-hydrogen) atoms. The zero-order valence-corrected chi connectivity index (χ0v) is 31.1. The van der Waals surface area contributed by atoms with Gasteiger partial charge in [-0.05, 0) is 80.3 Å². The molecule has 0 aromatic heterocycles. The van der Waals surface area contributed by atoms with Crippen molar-refractivity contribution in [2.45, 2.75) is 114 Å². The van der Waals surface area contributed by atoms with Crippen LogP contribution >= 0.6 is 0 Å². The Balaban J connectivity index is 1.45. The highest BCUT2D eigenvalue weighted by Crippen LogP contribution is 2.36. The van der Waals surface area contributed by atoms with E-state index in [1.165, 1.54) is 6.92 Å². The van der Waals surface area contributed by atoms with E-state index in [1.54, 1.807) is 18.2 Å². The third-order valence-corrected chi connectivity index (χ3v) is 10.4. The van der Waals surface area contributed by atoms with Crippen LogP contribution in [0.4, 0.5) is 0 Å². The van der Waals surface area contributed by atoms with E-state index in [0.717, 1.165) is 24.0 Å². The van der Waals surface area contributed by atoms with Gasteiger partial charge in [0.15, 0.2) is 5.60 Å². The molecular weight excluding hydrogens is 698 g/mol. The van der Waals surface area contributed by atoms with Crippen LogP contribution in [0.3, 0.4) is 0 Å². The van der Waals surface area contributed by atoms with Crippen LogP contribution in [0.25, 0.3) is 0 Å². The minimum absolute atomic E-state index is 0.0729. The number of allylic oxidation sites excluding steroid dienone is 1. The molecule has 0 saturated carbocycles. The van der Waals surface area contributed by atoms with E-state index in [2.05, 4.69) is 16.0 Å². The van der Waals surface area contributed by atoms with Gasteiger partial charge in [-0.25, -0.2) is 4.79 Å². The van der Waals surface area contributed by atoms with E-state index in [-0.39, 0.29) is 36.5 Å². The molecule has 0 aliphatic carbocycles. The molecule has 7 N–H and O–H groups in total. The van der Waals surface area contributed by atoms with Crippen molar-refractivity contribution in [2.75, 3.05) is 19.8 Å². The monoisotopic (exact) mass is 751 g/mol. The van der Waals surface area contributed by atoms with E-state index in [9.17, 15) is 39.6 Å². The molecule has 0 radical (unpaired) electrons. The number of rotatable bonds is 4. The van der Waals surface area contributed by atoms with Gasteiger partial charge in [0.1, 0.15) is 24.6 Å². The molecule has 4 aliphatic rings. The number of aliphatic hydroxyl groups is 3. The van der Waals surface area contributed by atoms with Crippen molar-refractivity contribution in [3.8, 4) is 5.75 Å². The zero-order valence-electron chi connectivity index (χ0n) is 31.1. The van der Waals surface area contributed by atoms with Gasteiger partial charge >= 0.3 is 5.97 Å². The summed E-state index contributed by atoms with van der Waals surface area (Å²) >= 11 is 0. The molecule has 2 saturated heterocycles. The van der Waals surface area contributed by atoms with Crippen molar-refractivity contribution in [3.63, 3.8) is 0 Å². The van der Waals surface area contributed by atoms with Crippen LogP contribution in [0.1, 0.15) is 90.5 Å². The van der Waals surface area contributed by atoms with E-state index >= 15 is 0 Å². The molecule has 294 valence electrons. The van der Waals surface area contributed by atoms with Gasteiger partial charge in [-0.15, -0.1) is 0 Å². The lowest BCUT2D eigenvalue weighted by atomic mass is 9.81. The van der Waals surface area contributed by atoms with Crippen molar-refractivity contribution in [1.29, 1.82) is 0 Å². The van der Waals surface area contributed by atoms with Gasteiger partial charge < -0.3 is 50.6 Å². The molecule has 2 aromatic carbocycles. The number of hydrogen-bond donors (Lipinski definition) is 7. The lowest BCUT2D eigenvalue weighted by Crippen LogP contribution is -2.67. The average molecular weight is 752 g/mol. The molecule has 4 heterocycles. The number of carboxylic acid groups (broad SMARTS) is 1. The van der Waals surface area contributed by atoms with E-state index in [4.69, 9.17) is 14.2 Å². The van der Waals surface area contributed by atoms with Gasteiger partial charge in [0.05, 0.1) is 36.8 Å². The predicted molar refractivity (Wildman–Crippen MR) is 197 cm³/mol. The minimum Gasteiger partial charge on any atom is -0.488 e. The standard InChI is InChI=1S/C40H53N3O11/c1-23-16-29-17-24(2)35(23)53-21-26-10-8-11-27(18-26)30(43-38(49)28-12-9-15-52-22-28)13-6-4-5-7-14-40(39(50)51)19-31(45)33(42-25(3)44)36(54-40)34(47)32(46)20-41-37(29)48/h5,7-8,10-11,16-18,28,30-34,36,45-47H,4,6,9,12-15,19-22H2,1-3H3,(H,41,48)(H,42,44)(H,43,49)(H,50,51)/b7-5+/t28?,30?,31-,32+,33?,34+,36+,40?/m0/s1. The van der Waals surface area contributed by atoms with Crippen LogP contribution in [0.15, 0.2) is 48.6 Å². The number of ether oxygens (including phenoxy) is 3. The van der Waals surface area contributed by atoms with Crippen molar-refractivity contribution < 1.29 is 53.8 Å². The second kappa shape index (κ2) is 18.3. The van der Waals surface area contributed by atoms with Crippen molar-refractivity contribution in [3.05, 3.63) is 76.4 Å². The minimum atomic E-state index is -1.99. The highest BCUT2D eigenvalue weighted by molar-refractivity contribution is 5.95. The summed E-state index contributed by atoms with van der Waals surface area (Å²) < 4.78 is 17.9. The quantitative estimate of drug-likeness (QED) is 0.226. The van der Waals surface area contributed by atoms with Crippen LogP contribution < -0.4 is 20.7 Å². The van der Waals surface area contributed by atoms with Gasteiger partial charge in [0.25, 0.3) is 5.91 Å². The topological polar surface area (TPSA) is 213 Å². The first-order valence-electron chi connectivity index (χ1n) is 18.6. The van der Waals surface area contributed by atoms with Crippen LogP contribution in [0, 0.1) is 19.8 Å². The number of nitrogens with one attached hydrogen (secondary N) is 3. The van der Waals surface area contributed by atoms with Gasteiger partial charge in [-0.3, -0.25) is 14.4 Å². The van der Waals surface area contributed by atoms with Crippen LogP contribution in [-0.2, 0) is 30.5 Å². The SMILES string of the molecule is CC(=O)NC1[C@H]2OC(C(=O)O)(C/C=C/CCCC(NC(=O)C3CCCOC3)c3cccc(c3)COc3c(C)cc(cc3C)C(=O)NC[C@@H](O)[C@H]2O)C[C@@H]1O. The molecule has 4 aliphatic heterocycles. The maximum absolute atomic E-state index is 13.4. The van der Waals surface area contributed by atoms with Crippen LogP contribution in [-0.4, -0.2) is 99.9 Å². The third kappa shape index (κ3) is 10.0. The first kappa shape index (κ1) is 40.8. The summed E-state index contributed by atoms with van der Waals surface area (Å²) in [6.45, 7) is 5.65. The summed E-state index contributed by atoms with van der Waals surface area (Å²) in [6, 6.07) is 9.58. The van der Waals surface area contributed by atoms with Crippen LogP contribution in [0.2, 0.25) is 0 Å². The summed E-state index contributed by atoms with van der Waals surface area (Å²) in [5.74, 6) is -2.19. The fourth-order valence-corrected chi connectivity index (χ4v) is 7.51. The Labute approximate surface area is 315 Å². The number of fused-ring (bicyclic) bond motifs is 12. The predicted octanol–water partition coefficient (Wildman–Crippen LogP) is 2.53. The average Bonchev–Trinajstić information content (AvgIpc) is 3.14. The zero-order chi connectivity index (χ0) is 39.0. The molecule has 8 atom stereocenters. The number of carbonyl (C=O) groups excluding carboxylic acids is 3. The number of aliphatic carboxylic acids is 1. The summed E-state index contributed by atoms with van der Waals surface area (Å²) in [5, 5.41) is 52.2. The first-order valence-corrected chi connectivity index (χ1v) is 18.6. The Morgan fingerprint density at radius 3 is 2.41 bits per heavy atom. The lowest BCUT2D eigenvalue weighted by Gasteiger charge is -2.47. The fraction of sp³-hybridized carbons (Fsp3) is 0.550. The van der Waals surface area contributed by atoms with Crippen molar-refractivity contribution in [2.24, 2.45) is 5.92 Å². The Bertz CT molecular complexity index is 1670. The first-order chi connectivity index (χ1) is 25.8. The normalized spacial score (nSPS) is 30.5. The Morgan fingerprint density at radius 2 is 1.72 bits per heavy atom. The lowest BCUT2D eigenvalue weighted by molar-refractivity contribution is -0.226. The number of carbonyl (C=O) groups is 4. The molecule has 14 nitrogen and oxygen atoms in total. The molecule has 3 amide bonds. The van der Waals surface area contributed by atoms with Crippen LogP contribution in [0.5, 0.6) is 5.75 Å². The second-order valence-corrected chi connectivity index (χ2v) is 14.7. The maximum atomic E-state index is 13.4. The molecule has 4 unspecified atom stereocenters. The molecule has 6 rings (SSSR count). The molecule has 14 heteroatoms. The summed E-state index contributed by atoms with van der Waals surface area (Å²) in [6.07, 6.45) is -0.279. The summed E-state index contributed by atoms with van der Waals surface area (Å²) in [5.41, 5.74) is 1.50. The van der Waals surface area contributed by atoms with Gasteiger partial charge in [0, 0.05) is 38.5 Å². The third-order valence-electron chi connectivity index (χ3n) is 10.4. The van der Waals surface area contributed by atoms with E-state index < -0.39 is 66.8 Å². The number of benzene rings is 2. The molecule has 2 fully saturated rings. The summed E-state index contributed by atoms with van der Waals surface area (Å²) in [4.78, 5) is 51.4. The highest BCUT2D eigenvalue weighted by atomic mass is 16.6. The van der Waals surface area contributed by atoms with Crippen molar-refractivity contribution >= 4 is 23.7 Å². The Kier molecular flexibility index (Phi) is 13.9. The number of aliphatic hydroxyl groups excluding tert-OH is 3. The van der Waals surface area contributed by atoms with Gasteiger partial charge in [0.2, 0.25) is 11.8 Å². The Hall–Kier alpha value is -4.34. The number of amides is 3. The number of aryl methyl sites for hydroxylation is 2. The largest absolute Gasteiger partial charge is 0.488 e. The maximum Gasteiger partial charge on any atom is 0.336 e. The summed E-state index contributed by atoms with van der Waals surface area (Å²) in [7, 11) is 0. The molecule has 6 bridgehead atoms. The van der Waals surface area contributed by atoms with Crippen molar-refractivity contribution in [1.82, 2.24) is 16.0 Å². The highest BCUT2D eigenvalue weighted by Gasteiger charge is 2.54. The molecule has 2 aromatic rings. The molecule has 0 spiro atoms.